The molecule has 0 amide bonds. The van der Waals surface area contributed by atoms with Crippen LogP contribution in [0.15, 0.2) is 30.3 Å². The first-order valence-corrected chi connectivity index (χ1v) is 9.53. The molecule has 0 saturated carbocycles. The Hall–Kier alpha value is -2.27. The highest BCUT2D eigenvalue weighted by Gasteiger charge is 2.16. The minimum Gasteiger partial charge on any atom is -0.370 e. The molecule has 0 spiro atoms. The SMILES string of the molecule is CCCN(CCC)c1cccc2nc(Nc3ccc(C)nc3Cl)n(C)c12. The van der Waals surface area contributed by atoms with Crippen molar-refractivity contribution in [2.75, 3.05) is 23.3 Å². The predicted octanol–water partition coefficient (Wildman–Crippen LogP) is 5.30. The van der Waals surface area contributed by atoms with E-state index >= 15 is 0 Å². The van der Waals surface area contributed by atoms with Gasteiger partial charge in [-0.2, -0.15) is 0 Å². The molecule has 0 aliphatic carbocycles. The monoisotopic (exact) mass is 371 g/mol. The third-order valence-corrected chi connectivity index (χ3v) is 4.72. The second-order valence-electron chi connectivity index (χ2n) is 6.54. The van der Waals surface area contributed by atoms with Gasteiger partial charge in [-0.25, -0.2) is 9.97 Å². The third kappa shape index (κ3) is 3.63. The van der Waals surface area contributed by atoms with E-state index in [0.717, 1.165) is 54.3 Å². The number of halogens is 1. The lowest BCUT2D eigenvalue weighted by molar-refractivity contribution is 0.745. The number of aromatic nitrogens is 3. The summed E-state index contributed by atoms with van der Waals surface area (Å²) in [6.07, 6.45) is 2.23. The van der Waals surface area contributed by atoms with Crippen LogP contribution >= 0.6 is 11.6 Å². The average Bonchev–Trinajstić information content (AvgIpc) is 2.93. The Morgan fingerprint density at radius 1 is 1.08 bits per heavy atom. The third-order valence-electron chi connectivity index (χ3n) is 4.44. The molecule has 138 valence electrons. The van der Waals surface area contributed by atoms with Gasteiger partial charge in [0, 0.05) is 25.8 Å². The fraction of sp³-hybridized carbons (Fsp3) is 0.400. The Bertz CT molecular complexity index is 897. The highest BCUT2D eigenvalue weighted by molar-refractivity contribution is 6.32. The fourth-order valence-electron chi connectivity index (χ4n) is 3.25. The summed E-state index contributed by atoms with van der Waals surface area (Å²) < 4.78 is 2.10. The fourth-order valence-corrected chi connectivity index (χ4v) is 3.49. The number of rotatable bonds is 7. The van der Waals surface area contributed by atoms with E-state index < -0.39 is 0 Å². The lowest BCUT2D eigenvalue weighted by atomic mass is 10.2. The van der Waals surface area contributed by atoms with Crippen molar-refractivity contribution in [2.24, 2.45) is 7.05 Å². The number of hydrogen-bond donors (Lipinski definition) is 1. The average molecular weight is 372 g/mol. The minimum atomic E-state index is 0.455. The van der Waals surface area contributed by atoms with Crippen LogP contribution in [0, 0.1) is 6.92 Å². The molecule has 0 saturated heterocycles. The smallest absolute Gasteiger partial charge is 0.208 e. The summed E-state index contributed by atoms with van der Waals surface area (Å²) in [4.78, 5) is 11.5. The zero-order valence-corrected chi connectivity index (χ0v) is 16.6. The molecule has 0 atom stereocenters. The van der Waals surface area contributed by atoms with E-state index in [-0.39, 0.29) is 0 Å². The van der Waals surface area contributed by atoms with Crippen LogP contribution in [0.3, 0.4) is 0 Å². The van der Waals surface area contributed by atoms with Crippen molar-refractivity contribution in [3.63, 3.8) is 0 Å². The minimum absolute atomic E-state index is 0.455. The number of para-hydroxylation sites is 1. The first-order chi connectivity index (χ1) is 12.5. The molecule has 1 N–H and O–H groups in total. The molecule has 2 heterocycles. The van der Waals surface area contributed by atoms with E-state index in [4.69, 9.17) is 16.6 Å². The first-order valence-electron chi connectivity index (χ1n) is 9.15. The number of benzene rings is 1. The van der Waals surface area contributed by atoms with Gasteiger partial charge in [0.05, 0.1) is 22.4 Å². The van der Waals surface area contributed by atoms with Gasteiger partial charge in [0.1, 0.15) is 0 Å². The maximum atomic E-state index is 6.28. The number of nitrogens with zero attached hydrogens (tertiary/aromatic N) is 4. The summed E-state index contributed by atoms with van der Waals surface area (Å²) in [5, 5.41) is 3.78. The Kier molecular flexibility index (Phi) is 5.67. The van der Waals surface area contributed by atoms with Crippen molar-refractivity contribution in [1.82, 2.24) is 14.5 Å². The number of pyridine rings is 1. The molecule has 5 nitrogen and oxygen atoms in total. The van der Waals surface area contributed by atoms with Gasteiger partial charge in [0.2, 0.25) is 5.95 Å². The van der Waals surface area contributed by atoms with Crippen LogP contribution in [-0.4, -0.2) is 27.6 Å². The summed E-state index contributed by atoms with van der Waals surface area (Å²) in [6.45, 7) is 8.42. The van der Waals surface area contributed by atoms with E-state index in [2.05, 4.69) is 51.8 Å². The van der Waals surface area contributed by atoms with E-state index in [0.29, 0.717) is 5.15 Å². The van der Waals surface area contributed by atoms with Gasteiger partial charge in [0.15, 0.2) is 5.15 Å². The Labute approximate surface area is 160 Å². The second-order valence-corrected chi connectivity index (χ2v) is 6.90. The van der Waals surface area contributed by atoms with Gasteiger partial charge >= 0.3 is 0 Å². The summed E-state index contributed by atoms with van der Waals surface area (Å²) in [7, 11) is 2.03. The number of imidazole rings is 1. The molecule has 1 aromatic carbocycles. The van der Waals surface area contributed by atoms with Crippen LogP contribution in [0.25, 0.3) is 11.0 Å². The van der Waals surface area contributed by atoms with E-state index in [1.54, 1.807) is 0 Å². The zero-order chi connectivity index (χ0) is 18.7. The van der Waals surface area contributed by atoms with Crippen molar-refractivity contribution in [3.8, 4) is 0 Å². The van der Waals surface area contributed by atoms with Crippen LogP contribution in [0.4, 0.5) is 17.3 Å². The van der Waals surface area contributed by atoms with Gasteiger partial charge in [0.25, 0.3) is 0 Å². The van der Waals surface area contributed by atoms with Crippen LogP contribution < -0.4 is 10.2 Å². The summed E-state index contributed by atoms with van der Waals surface area (Å²) in [5.74, 6) is 0.757. The lowest BCUT2D eigenvalue weighted by Gasteiger charge is -2.25. The summed E-state index contributed by atoms with van der Waals surface area (Å²) in [6, 6.07) is 10.2. The van der Waals surface area contributed by atoms with E-state index in [1.807, 2.05) is 26.1 Å². The highest BCUT2D eigenvalue weighted by atomic mass is 35.5. The Morgan fingerprint density at radius 3 is 2.46 bits per heavy atom. The lowest BCUT2D eigenvalue weighted by Crippen LogP contribution is -2.25. The molecule has 0 radical (unpaired) electrons. The largest absolute Gasteiger partial charge is 0.370 e. The molecular weight excluding hydrogens is 346 g/mol. The van der Waals surface area contributed by atoms with Crippen molar-refractivity contribution >= 4 is 40.0 Å². The normalized spacial score (nSPS) is 11.1. The van der Waals surface area contributed by atoms with Crippen molar-refractivity contribution in [3.05, 3.63) is 41.2 Å². The van der Waals surface area contributed by atoms with Crippen LogP contribution in [0.1, 0.15) is 32.4 Å². The van der Waals surface area contributed by atoms with Gasteiger partial charge in [-0.3, -0.25) is 0 Å². The molecule has 0 aliphatic heterocycles. The molecule has 6 heteroatoms. The van der Waals surface area contributed by atoms with Crippen LogP contribution in [-0.2, 0) is 7.05 Å². The second kappa shape index (κ2) is 7.96. The highest BCUT2D eigenvalue weighted by Crippen LogP contribution is 2.31. The van der Waals surface area contributed by atoms with Crippen LogP contribution in [0.5, 0.6) is 0 Å². The van der Waals surface area contributed by atoms with Gasteiger partial charge in [-0.05, 0) is 44.0 Å². The Balaban J connectivity index is 2.04. The van der Waals surface area contributed by atoms with Crippen molar-refractivity contribution in [2.45, 2.75) is 33.6 Å². The van der Waals surface area contributed by atoms with Crippen molar-refractivity contribution < 1.29 is 0 Å². The maximum Gasteiger partial charge on any atom is 0.208 e. The van der Waals surface area contributed by atoms with Gasteiger partial charge < -0.3 is 14.8 Å². The number of hydrogen-bond acceptors (Lipinski definition) is 4. The quantitative estimate of drug-likeness (QED) is 0.572. The number of anilines is 3. The molecule has 0 fully saturated rings. The summed E-state index contributed by atoms with van der Waals surface area (Å²) >= 11 is 6.28. The van der Waals surface area contributed by atoms with Gasteiger partial charge in [-0.15, -0.1) is 0 Å². The molecule has 3 rings (SSSR count). The topological polar surface area (TPSA) is 46.0 Å². The molecule has 0 unspecified atom stereocenters. The first kappa shape index (κ1) is 18.5. The maximum absolute atomic E-state index is 6.28. The molecular formula is C20H26ClN5. The number of aryl methyl sites for hydroxylation is 2. The zero-order valence-electron chi connectivity index (χ0n) is 15.9. The molecule has 3 aromatic rings. The standard InChI is InChI=1S/C20H26ClN5/c1-5-12-26(13-6-2)17-9-7-8-15-18(17)25(4)20(23-15)24-16-11-10-14(3)22-19(16)21/h7-11H,5-6,12-13H2,1-4H3,(H,23,24). The molecule has 0 bridgehead atoms. The number of fused-ring (bicyclic) bond motifs is 1. The molecule has 26 heavy (non-hydrogen) atoms. The Morgan fingerprint density at radius 2 is 1.81 bits per heavy atom. The van der Waals surface area contributed by atoms with Crippen molar-refractivity contribution in [1.29, 1.82) is 0 Å². The van der Waals surface area contributed by atoms with E-state index in [9.17, 15) is 0 Å². The summed E-state index contributed by atoms with van der Waals surface area (Å²) in [5.41, 5.74) is 4.98. The van der Waals surface area contributed by atoms with Crippen LogP contribution in [0.2, 0.25) is 5.15 Å². The number of nitrogens with one attached hydrogen (secondary N) is 1. The molecule has 2 aromatic heterocycles. The predicted molar refractivity (Wildman–Crippen MR) is 111 cm³/mol. The molecule has 0 aliphatic rings. The van der Waals surface area contributed by atoms with Gasteiger partial charge in [-0.1, -0.05) is 31.5 Å². The van der Waals surface area contributed by atoms with E-state index in [1.165, 1.54) is 5.69 Å².